The molecule has 24 heavy (non-hydrogen) atoms. The van der Waals surface area contributed by atoms with Gasteiger partial charge < -0.3 is 10.2 Å². The Morgan fingerprint density at radius 2 is 1.33 bits per heavy atom. The van der Waals surface area contributed by atoms with Crippen molar-refractivity contribution in [2.75, 3.05) is 0 Å². The summed E-state index contributed by atoms with van der Waals surface area (Å²) in [6, 6.07) is 24.8. The number of phenolic OH excluding ortho intramolecular Hbond substituents is 2. The Hall–Kier alpha value is -2.78. The number of hydrogen-bond acceptors (Lipinski definition) is 3. The molecule has 0 aliphatic rings. The van der Waals surface area contributed by atoms with E-state index in [2.05, 4.69) is 24.4 Å². The molecule has 0 aliphatic carbocycles. The van der Waals surface area contributed by atoms with E-state index in [4.69, 9.17) is 0 Å². The molecule has 3 heteroatoms. The van der Waals surface area contributed by atoms with Crippen molar-refractivity contribution in [1.82, 2.24) is 5.32 Å². The van der Waals surface area contributed by atoms with Gasteiger partial charge in [0.15, 0.2) is 0 Å². The van der Waals surface area contributed by atoms with E-state index in [9.17, 15) is 10.2 Å². The van der Waals surface area contributed by atoms with E-state index < -0.39 is 0 Å². The predicted octanol–water partition coefficient (Wildman–Crippen LogP) is 4.54. The lowest BCUT2D eigenvalue weighted by atomic mass is 9.96. The van der Waals surface area contributed by atoms with E-state index in [1.54, 1.807) is 12.1 Å². The number of nitrogens with one attached hydrogen (secondary N) is 1. The molecule has 3 rings (SSSR count). The molecular formula is C21H21NO2. The molecule has 3 nitrogen and oxygen atoms in total. The third-order valence-electron chi connectivity index (χ3n) is 4.17. The van der Waals surface area contributed by atoms with E-state index in [-0.39, 0.29) is 23.6 Å². The zero-order valence-electron chi connectivity index (χ0n) is 13.6. The Bertz CT molecular complexity index is 787. The first-order valence-corrected chi connectivity index (χ1v) is 8.03. The lowest BCUT2D eigenvalue weighted by molar-refractivity contribution is 0.433. The standard InChI is InChI=1S/C21H21NO2/c1-15(16-8-4-2-5-9-16)22-21(17-10-6-3-7-11-17)19-13-12-18(23)14-20(19)24/h2-15,21-24H,1H3/t15-,21-/m0/s1. The third kappa shape index (κ3) is 3.58. The maximum atomic E-state index is 10.3. The van der Waals surface area contributed by atoms with Gasteiger partial charge in [0.25, 0.3) is 0 Å². The number of hydrogen-bond donors (Lipinski definition) is 3. The molecule has 0 radical (unpaired) electrons. The molecule has 2 atom stereocenters. The first-order valence-electron chi connectivity index (χ1n) is 8.03. The molecule has 0 heterocycles. The molecule has 3 aromatic rings. The number of rotatable bonds is 5. The Kier molecular flexibility index (Phi) is 4.82. The van der Waals surface area contributed by atoms with Gasteiger partial charge in [0, 0.05) is 17.7 Å². The molecule has 122 valence electrons. The fourth-order valence-electron chi connectivity index (χ4n) is 2.88. The average molecular weight is 319 g/mol. The van der Waals surface area contributed by atoms with Gasteiger partial charge in [-0.05, 0) is 30.2 Å². The zero-order chi connectivity index (χ0) is 16.9. The molecule has 3 aromatic carbocycles. The van der Waals surface area contributed by atoms with Crippen molar-refractivity contribution in [2.24, 2.45) is 0 Å². The van der Waals surface area contributed by atoms with Gasteiger partial charge in [-0.15, -0.1) is 0 Å². The summed E-state index contributed by atoms with van der Waals surface area (Å²) < 4.78 is 0. The normalized spacial score (nSPS) is 13.4. The molecule has 0 aromatic heterocycles. The van der Waals surface area contributed by atoms with Crippen molar-refractivity contribution in [3.63, 3.8) is 0 Å². The molecule has 0 fully saturated rings. The number of phenols is 2. The topological polar surface area (TPSA) is 52.5 Å². The fraction of sp³-hybridized carbons (Fsp3) is 0.143. The summed E-state index contributed by atoms with van der Waals surface area (Å²) in [7, 11) is 0. The van der Waals surface area contributed by atoms with Gasteiger partial charge in [0.05, 0.1) is 6.04 Å². The summed E-state index contributed by atoms with van der Waals surface area (Å²) in [5.74, 6) is 0.135. The summed E-state index contributed by atoms with van der Waals surface area (Å²) in [5, 5.41) is 23.5. The monoisotopic (exact) mass is 319 g/mol. The third-order valence-corrected chi connectivity index (χ3v) is 4.17. The smallest absolute Gasteiger partial charge is 0.124 e. The van der Waals surface area contributed by atoms with Crippen LogP contribution in [0.5, 0.6) is 11.5 Å². The van der Waals surface area contributed by atoms with Crippen molar-refractivity contribution in [1.29, 1.82) is 0 Å². The van der Waals surface area contributed by atoms with Crippen molar-refractivity contribution in [2.45, 2.75) is 19.0 Å². The lowest BCUT2D eigenvalue weighted by Crippen LogP contribution is -2.25. The van der Waals surface area contributed by atoms with Gasteiger partial charge in [-0.3, -0.25) is 5.32 Å². The van der Waals surface area contributed by atoms with Crippen LogP contribution in [0.4, 0.5) is 0 Å². The van der Waals surface area contributed by atoms with Crippen LogP contribution >= 0.6 is 0 Å². The Morgan fingerprint density at radius 1 is 0.750 bits per heavy atom. The second-order valence-corrected chi connectivity index (χ2v) is 5.89. The Labute approximate surface area is 142 Å². The SMILES string of the molecule is C[C@H](N[C@@H](c1ccccc1)c1ccc(O)cc1O)c1ccccc1. The second kappa shape index (κ2) is 7.20. The molecular weight excluding hydrogens is 298 g/mol. The quantitative estimate of drug-likeness (QED) is 0.647. The van der Waals surface area contributed by atoms with Crippen LogP contribution in [0.1, 0.15) is 35.7 Å². The van der Waals surface area contributed by atoms with Gasteiger partial charge in [-0.2, -0.15) is 0 Å². The van der Waals surface area contributed by atoms with E-state index >= 15 is 0 Å². The lowest BCUT2D eigenvalue weighted by Gasteiger charge is -2.25. The van der Waals surface area contributed by atoms with Crippen LogP contribution in [-0.4, -0.2) is 10.2 Å². The first kappa shape index (κ1) is 16.1. The average Bonchev–Trinajstić information content (AvgIpc) is 2.61. The van der Waals surface area contributed by atoms with Crippen LogP contribution in [-0.2, 0) is 0 Å². The highest BCUT2D eigenvalue weighted by Gasteiger charge is 2.20. The van der Waals surface area contributed by atoms with Gasteiger partial charge >= 0.3 is 0 Å². The Morgan fingerprint density at radius 3 is 1.92 bits per heavy atom. The van der Waals surface area contributed by atoms with Crippen LogP contribution in [0.3, 0.4) is 0 Å². The van der Waals surface area contributed by atoms with Gasteiger partial charge in [-0.1, -0.05) is 60.7 Å². The van der Waals surface area contributed by atoms with Gasteiger partial charge in [-0.25, -0.2) is 0 Å². The summed E-state index contributed by atoms with van der Waals surface area (Å²) >= 11 is 0. The van der Waals surface area contributed by atoms with E-state index in [1.807, 2.05) is 48.5 Å². The van der Waals surface area contributed by atoms with E-state index in [0.717, 1.165) is 11.1 Å². The van der Waals surface area contributed by atoms with Crippen LogP contribution in [0.15, 0.2) is 78.9 Å². The molecule has 3 N–H and O–H groups in total. The van der Waals surface area contributed by atoms with Crippen LogP contribution in [0.2, 0.25) is 0 Å². The molecule has 0 bridgehead atoms. The van der Waals surface area contributed by atoms with Crippen LogP contribution in [0, 0.1) is 0 Å². The van der Waals surface area contributed by atoms with Crippen molar-refractivity contribution >= 4 is 0 Å². The highest BCUT2D eigenvalue weighted by Crippen LogP contribution is 2.33. The van der Waals surface area contributed by atoms with Crippen molar-refractivity contribution < 1.29 is 10.2 Å². The van der Waals surface area contributed by atoms with Crippen molar-refractivity contribution in [3.8, 4) is 11.5 Å². The highest BCUT2D eigenvalue weighted by molar-refractivity contribution is 5.45. The number of aromatic hydroxyl groups is 2. The first-order chi connectivity index (χ1) is 11.6. The summed E-state index contributed by atoms with van der Waals surface area (Å²) in [6.45, 7) is 2.10. The molecule has 0 spiro atoms. The minimum absolute atomic E-state index is 0.0548. The highest BCUT2D eigenvalue weighted by atomic mass is 16.3. The summed E-state index contributed by atoms with van der Waals surface area (Å²) in [5.41, 5.74) is 2.97. The molecule has 0 amide bonds. The zero-order valence-corrected chi connectivity index (χ0v) is 13.6. The molecule has 0 saturated heterocycles. The van der Waals surface area contributed by atoms with Gasteiger partial charge in [0.1, 0.15) is 11.5 Å². The van der Waals surface area contributed by atoms with Crippen molar-refractivity contribution in [3.05, 3.63) is 95.6 Å². The maximum absolute atomic E-state index is 10.3. The fourth-order valence-corrected chi connectivity index (χ4v) is 2.88. The maximum Gasteiger partial charge on any atom is 0.124 e. The van der Waals surface area contributed by atoms with Crippen LogP contribution in [0.25, 0.3) is 0 Å². The van der Waals surface area contributed by atoms with Crippen LogP contribution < -0.4 is 5.32 Å². The molecule has 0 unspecified atom stereocenters. The van der Waals surface area contributed by atoms with E-state index in [0.29, 0.717) is 0 Å². The summed E-state index contributed by atoms with van der Waals surface area (Å²) in [4.78, 5) is 0. The predicted molar refractivity (Wildman–Crippen MR) is 96.0 cm³/mol. The second-order valence-electron chi connectivity index (χ2n) is 5.89. The van der Waals surface area contributed by atoms with Gasteiger partial charge in [0.2, 0.25) is 0 Å². The Balaban J connectivity index is 1.97. The summed E-state index contributed by atoms with van der Waals surface area (Å²) in [6.07, 6.45) is 0. The van der Waals surface area contributed by atoms with E-state index in [1.165, 1.54) is 11.6 Å². The molecule has 0 aliphatic heterocycles. The number of benzene rings is 3. The largest absolute Gasteiger partial charge is 0.508 e. The minimum Gasteiger partial charge on any atom is -0.508 e. The minimum atomic E-state index is -0.179. The molecule has 0 saturated carbocycles.